The van der Waals surface area contributed by atoms with E-state index >= 15 is 0 Å². The standard InChI is InChI=1S/C27H23N3O5S2/c1-34-23-11-10-18(14-24(23)35-2)37(32,33)30-13-12-20-22(15-28)27(36-25(20)16-30)29-26(31)21-9-5-7-17-6-3-4-8-19(17)21/h3-11,14H,12-13,16H2,1-2H3,(H,29,31). The number of anilines is 1. The lowest BCUT2D eigenvalue weighted by Crippen LogP contribution is -2.35. The number of carbonyl (C=O) groups excluding carboxylic acids is 1. The number of benzene rings is 3. The van der Waals surface area contributed by atoms with E-state index in [0.717, 1.165) is 21.2 Å². The van der Waals surface area contributed by atoms with Crippen molar-refractivity contribution in [1.82, 2.24) is 4.31 Å². The van der Waals surface area contributed by atoms with Crippen LogP contribution in [0.15, 0.2) is 65.6 Å². The highest BCUT2D eigenvalue weighted by atomic mass is 32.2. The summed E-state index contributed by atoms with van der Waals surface area (Å²) in [6, 6.07) is 19.8. The van der Waals surface area contributed by atoms with Crippen molar-refractivity contribution in [1.29, 1.82) is 5.26 Å². The Morgan fingerprint density at radius 1 is 1.05 bits per heavy atom. The van der Waals surface area contributed by atoms with Crippen molar-refractivity contribution in [2.45, 2.75) is 17.9 Å². The first kappa shape index (κ1) is 24.8. The zero-order valence-corrected chi connectivity index (χ0v) is 21.8. The molecule has 2 heterocycles. The van der Waals surface area contributed by atoms with Crippen molar-refractivity contribution >= 4 is 43.0 Å². The van der Waals surface area contributed by atoms with Gasteiger partial charge in [0, 0.05) is 29.6 Å². The summed E-state index contributed by atoms with van der Waals surface area (Å²) in [6.07, 6.45) is 0.366. The summed E-state index contributed by atoms with van der Waals surface area (Å²) in [7, 11) is -0.895. The number of rotatable bonds is 6. The Morgan fingerprint density at radius 2 is 1.81 bits per heavy atom. The number of nitriles is 1. The molecule has 10 heteroatoms. The second-order valence-electron chi connectivity index (χ2n) is 8.41. The van der Waals surface area contributed by atoms with Crippen LogP contribution in [0.25, 0.3) is 10.8 Å². The average molecular weight is 534 g/mol. The maximum atomic E-state index is 13.4. The first-order valence-electron chi connectivity index (χ1n) is 11.4. The van der Waals surface area contributed by atoms with E-state index in [-0.39, 0.29) is 23.9 Å². The summed E-state index contributed by atoms with van der Waals surface area (Å²) in [6.45, 7) is 0.321. The molecule has 5 rings (SSSR count). The summed E-state index contributed by atoms with van der Waals surface area (Å²) in [4.78, 5) is 14.0. The minimum Gasteiger partial charge on any atom is -0.493 e. The third kappa shape index (κ3) is 4.42. The fraction of sp³-hybridized carbons (Fsp3) is 0.185. The third-order valence-corrected chi connectivity index (χ3v) is 9.36. The van der Waals surface area contributed by atoms with Crippen molar-refractivity contribution in [3.63, 3.8) is 0 Å². The molecule has 0 saturated carbocycles. The fourth-order valence-electron chi connectivity index (χ4n) is 4.51. The number of fused-ring (bicyclic) bond motifs is 2. The SMILES string of the molecule is COc1ccc(S(=O)(=O)N2CCc3c(sc(NC(=O)c4cccc5ccccc45)c3C#N)C2)cc1OC. The summed E-state index contributed by atoms with van der Waals surface area (Å²) >= 11 is 1.24. The van der Waals surface area contributed by atoms with E-state index in [4.69, 9.17) is 9.47 Å². The number of hydrogen-bond acceptors (Lipinski definition) is 7. The van der Waals surface area contributed by atoms with E-state index in [0.29, 0.717) is 34.0 Å². The minimum absolute atomic E-state index is 0.0927. The number of ether oxygens (including phenoxy) is 2. The topological polar surface area (TPSA) is 109 Å². The van der Waals surface area contributed by atoms with Crippen LogP contribution in [0.1, 0.15) is 26.4 Å². The maximum absolute atomic E-state index is 13.4. The van der Waals surface area contributed by atoms with Gasteiger partial charge in [0.1, 0.15) is 11.1 Å². The molecule has 188 valence electrons. The Labute approximate surface area is 218 Å². The van der Waals surface area contributed by atoms with Gasteiger partial charge < -0.3 is 14.8 Å². The highest BCUT2D eigenvalue weighted by Crippen LogP contribution is 2.39. The monoisotopic (exact) mass is 533 g/mol. The van der Waals surface area contributed by atoms with Gasteiger partial charge in [0.25, 0.3) is 5.91 Å². The zero-order valence-electron chi connectivity index (χ0n) is 20.1. The number of hydrogen-bond donors (Lipinski definition) is 1. The van der Waals surface area contributed by atoms with Crippen LogP contribution < -0.4 is 14.8 Å². The minimum atomic E-state index is -3.83. The van der Waals surface area contributed by atoms with Crippen LogP contribution in [-0.2, 0) is 23.0 Å². The molecule has 0 bridgehead atoms. The molecule has 37 heavy (non-hydrogen) atoms. The molecule has 3 aromatic carbocycles. The van der Waals surface area contributed by atoms with Gasteiger partial charge in [0.05, 0.1) is 24.7 Å². The lowest BCUT2D eigenvalue weighted by molar-refractivity contribution is 0.102. The second kappa shape index (κ2) is 9.86. The fourth-order valence-corrected chi connectivity index (χ4v) is 7.23. The van der Waals surface area contributed by atoms with Crippen molar-refractivity contribution in [3.8, 4) is 17.6 Å². The Bertz CT molecular complexity index is 1670. The number of amides is 1. The molecule has 0 fully saturated rings. The average Bonchev–Trinajstić information content (AvgIpc) is 3.28. The molecule has 1 aliphatic heterocycles. The number of nitrogens with zero attached hydrogens (tertiary/aromatic N) is 2. The summed E-state index contributed by atoms with van der Waals surface area (Å²) < 4.78 is 38.7. The van der Waals surface area contributed by atoms with Gasteiger partial charge >= 0.3 is 0 Å². The van der Waals surface area contributed by atoms with Crippen LogP contribution in [-0.4, -0.2) is 39.4 Å². The highest BCUT2D eigenvalue weighted by molar-refractivity contribution is 7.89. The summed E-state index contributed by atoms with van der Waals surface area (Å²) in [5, 5.41) is 15.0. The van der Waals surface area contributed by atoms with Gasteiger partial charge in [-0.3, -0.25) is 4.79 Å². The number of thiophene rings is 1. The van der Waals surface area contributed by atoms with Crippen molar-refractivity contribution in [3.05, 3.63) is 82.2 Å². The van der Waals surface area contributed by atoms with Gasteiger partial charge in [-0.1, -0.05) is 36.4 Å². The molecule has 0 atom stereocenters. The van der Waals surface area contributed by atoms with Gasteiger partial charge in [-0.15, -0.1) is 11.3 Å². The molecular formula is C27H23N3O5S2. The number of sulfonamides is 1. The van der Waals surface area contributed by atoms with E-state index in [1.165, 1.54) is 42.0 Å². The number of carbonyl (C=O) groups is 1. The first-order chi connectivity index (χ1) is 17.9. The molecule has 4 aromatic rings. The molecule has 0 unspecified atom stereocenters. The summed E-state index contributed by atoms with van der Waals surface area (Å²) in [5.41, 5.74) is 1.67. The molecule has 1 aromatic heterocycles. The van der Waals surface area contributed by atoms with Crippen molar-refractivity contribution < 1.29 is 22.7 Å². The molecule has 1 N–H and O–H groups in total. The summed E-state index contributed by atoms with van der Waals surface area (Å²) in [5.74, 6) is 0.440. The van der Waals surface area contributed by atoms with Gasteiger partial charge in [0.15, 0.2) is 11.5 Å². The molecule has 0 spiro atoms. The van der Waals surface area contributed by atoms with Gasteiger partial charge in [0.2, 0.25) is 10.0 Å². The molecular weight excluding hydrogens is 510 g/mol. The molecule has 0 aliphatic carbocycles. The van der Waals surface area contributed by atoms with Crippen LogP contribution in [0.5, 0.6) is 11.5 Å². The van der Waals surface area contributed by atoms with E-state index in [9.17, 15) is 18.5 Å². The molecule has 1 aliphatic rings. The lowest BCUT2D eigenvalue weighted by Gasteiger charge is -2.26. The van der Waals surface area contributed by atoms with Gasteiger partial charge in [-0.2, -0.15) is 9.57 Å². The Morgan fingerprint density at radius 3 is 2.57 bits per heavy atom. The second-order valence-corrected chi connectivity index (χ2v) is 11.4. The van der Waals surface area contributed by atoms with E-state index < -0.39 is 10.0 Å². The largest absolute Gasteiger partial charge is 0.493 e. The molecule has 1 amide bonds. The lowest BCUT2D eigenvalue weighted by atomic mass is 10.0. The Balaban J connectivity index is 1.43. The number of nitrogens with one attached hydrogen (secondary N) is 1. The quantitative estimate of drug-likeness (QED) is 0.382. The van der Waals surface area contributed by atoms with Crippen molar-refractivity contribution in [2.75, 3.05) is 26.1 Å². The molecule has 0 saturated heterocycles. The van der Waals surface area contributed by atoms with Gasteiger partial charge in [-0.25, -0.2) is 8.42 Å². The van der Waals surface area contributed by atoms with E-state index in [2.05, 4.69) is 11.4 Å². The molecule has 8 nitrogen and oxygen atoms in total. The van der Waals surface area contributed by atoms with Crippen LogP contribution in [0, 0.1) is 11.3 Å². The Kier molecular flexibility index (Phi) is 6.60. The van der Waals surface area contributed by atoms with Crippen LogP contribution in [0.2, 0.25) is 0 Å². The smallest absolute Gasteiger partial charge is 0.256 e. The van der Waals surface area contributed by atoms with Crippen LogP contribution >= 0.6 is 11.3 Å². The predicted octanol–water partition coefficient (Wildman–Crippen LogP) is 4.79. The van der Waals surface area contributed by atoms with Crippen LogP contribution in [0.3, 0.4) is 0 Å². The third-order valence-electron chi connectivity index (χ3n) is 6.39. The van der Waals surface area contributed by atoms with Crippen molar-refractivity contribution in [2.24, 2.45) is 0 Å². The first-order valence-corrected chi connectivity index (χ1v) is 13.7. The maximum Gasteiger partial charge on any atom is 0.256 e. The van der Waals surface area contributed by atoms with E-state index in [1.807, 2.05) is 36.4 Å². The predicted molar refractivity (Wildman–Crippen MR) is 142 cm³/mol. The van der Waals surface area contributed by atoms with E-state index in [1.54, 1.807) is 12.1 Å². The van der Waals surface area contributed by atoms with Gasteiger partial charge in [-0.05, 0) is 41.0 Å². The molecule has 0 radical (unpaired) electrons. The Hall–Kier alpha value is -3.91. The normalized spacial score (nSPS) is 13.5. The van der Waals surface area contributed by atoms with Crippen LogP contribution in [0.4, 0.5) is 5.00 Å². The zero-order chi connectivity index (χ0) is 26.2. The highest BCUT2D eigenvalue weighted by Gasteiger charge is 2.33. The number of methoxy groups -OCH3 is 2.